The molecule has 0 bridgehead atoms. The van der Waals surface area contributed by atoms with Gasteiger partial charge >= 0.3 is 0 Å². The van der Waals surface area contributed by atoms with Gasteiger partial charge in [-0.15, -0.1) is 0 Å². The Kier molecular flexibility index (Phi) is 5.34. The zero-order valence-corrected chi connectivity index (χ0v) is 15.1. The Hall–Kier alpha value is -1.75. The summed E-state index contributed by atoms with van der Waals surface area (Å²) in [7, 11) is 0. The van der Waals surface area contributed by atoms with Gasteiger partial charge < -0.3 is 9.47 Å². The molecule has 2 unspecified atom stereocenters. The minimum Gasteiger partial charge on any atom is -0.371 e. The molecule has 0 saturated carbocycles. The quantitative estimate of drug-likeness (QED) is 0.804. The van der Waals surface area contributed by atoms with E-state index < -0.39 is 0 Å². The molecule has 138 valence electrons. The van der Waals surface area contributed by atoms with Crippen LogP contribution in [0.15, 0.2) is 54.6 Å². The van der Waals surface area contributed by atoms with Crippen molar-refractivity contribution in [2.45, 2.75) is 44.1 Å². The van der Waals surface area contributed by atoms with Crippen LogP contribution in [-0.2, 0) is 22.6 Å². The Morgan fingerprint density at radius 3 is 2.77 bits per heavy atom. The van der Waals surface area contributed by atoms with Gasteiger partial charge in [-0.3, -0.25) is 4.90 Å². The van der Waals surface area contributed by atoms with E-state index in [9.17, 15) is 4.39 Å². The molecule has 2 heterocycles. The van der Waals surface area contributed by atoms with Gasteiger partial charge in [0, 0.05) is 25.1 Å². The lowest BCUT2D eigenvalue weighted by Crippen LogP contribution is -2.47. The van der Waals surface area contributed by atoms with Crippen LogP contribution in [0.5, 0.6) is 0 Å². The van der Waals surface area contributed by atoms with Crippen molar-refractivity contribution in [1.29, 1.82) is 0 Å². The Labute approximate surface area is 154 Å². The zero-order valence-electron chi connectivity index (χ0n) is 15.1. The third kappa shape index (κ3) is 4.14. The molecule has 2 aromatic rings. The largest absolute Gasteiger partial charge is 0.371 e. The number of nitrogens with zero attached hydrogens (tertiary/aromatic N) is 1. The van der Waals surface area contributed by atoms with Crippen LogP contribution in [0, 0.1) is 5.82 Å². The van der Waals surface area contributed by atoms with Crippen LogP contribution in [-0.4, -0.2) is 36.3 Å². The summed E-state index contributed by atoms with van der Waals surface area (Å²) < 4.78 is 26.3. The number of hydrogen-bond acceptors (Lipinski definition) is 3. The van der Waals surface area contributed by atoms with E-state index in [1.54, 1.807) is 6.07 Å². The number of rotatable bonds is 5. The molecule has 2 saturated heterocycles. The number of ether oxygens (including phenoxy) is 2. The predicted octanol–water partition coefficient (Wildman–Crippen LogP) is 4.17. The van der Waals surface area contributed by atoms with E-state index in [0.717, 1.165) is 37.9 Å². The lowest BCUT2D eigenvalue weighted by molar-refractivity contribution is -0.0550. The highest BCUT2D eigenvalue weighted by Gasteiger charge is 2.43. The summed E-state index contributed by atoms with van der Waals surface area (Å²) in [6, 6.07) is 17.3. The number of benzene rings is 2. The van der Waals surface area contributed by atoms with Crippen LogP contribution < -0.4 is 0 Å². The molecule has 0 radical (unpaired) electrons. The van der Waals surface area contributed by atoms with Gasteiger partial charge in [-0.1, -0.05) is 48.5 Å². The van der Waals surface area contributed by atoms with E-state index in [2.05, 4.69) is 17.0 Å². The van der Waals surface area contributed by atoms with E-state index in [1.165, 1.54) is 11.6 Å². The lowest BCUT2D eigenvalue weighted by Gasteiger charge is -2.39. The number of likely N-dealkylation sites (tertiary alicyclic amines) is 1. The summed E-state index contributed by atoms with van der Waals surface area (Å²) in [5.74, 6) is -0.122. The molecule has 1 spiro atoms. The van der Waals surface area contributed by atoms with Crippen molar-refractivity contribution in [2.24, 2.45) is 0 Å². The summed E-state index contributed by atoms with van der Waals surface area (Å²) in [5.41, 5.74) is 1.82. The van der Waals surface area contributed by atoms with Crippen molar-refractivity contribution in [3.05, 3.63) is 71.5 Å². The fraction of sp³-hybridized carbons (Fsp3) is 0.455. The van der Waals surface area contributed by atoms with Gasteiger partial charge in [0.2, 0.25) is 0 Å². The summed E-state index contributed by atoms with van der Waals surface area (Å²) >= 11 is 0. The van der Waals surface area contributed by atoms with Gasteiger partial charge in [0.05, 0.1) is 24.9 Å². The molecule has 0 aliphatic carbocycles. The third-order valence-electron chi connectivity index (χ3n) is 5.47. The molecule has 2 atom stereocenters. The summed E-state index contributed by atoms with van der Waals surface area (Å²) in [4.78, 5) is 2.32. The van der Waals surface area contributed by atoms with Gasteiger partial charge in [0.1, 0.15) is 5.82 Å². The van der Waals surface area contributed by atoms with Crippen LogP contribution in [0.1, 0.15) is 30.4 Å². The van der Waals surface area contributed by atoms with Crippen molar-refractivity contribution in [3.8, 4) is 0 Å². The van der Waals surface area contributed by atoms with Gasteiger partial charge in [-0.05, 0) is 31.0 Å². The first kappa shape index (κ1) is 17.7. The van der Waals surface area contributed by atoms with Crippen molar-refractivity contribution < 1.29 is 13.9 Å². The molecule has 2 fully saturated rings. The van der Waals surface area contributed by atoms with Crippen LogP contribution in [0.3, 0.4) is 0 Å². The highest BCUT2D eigenvalue weighted by atomic mass is 19.1. The molecule has 0 amide bonds. The van der Waals surface area contributed by atoms with E-state index in [0.29, 0.717) is 19.8 Å². The Morgan fingerprint density at radius 2 is 1.92 bits per heavy atom. The second-order valence-electron chi connectivity index (χ2n) is 7.52. The van der Waals surface area contributed by atoms with Crippen LogP contribution >= 0.6 is 0 Å². The summed E-state index contributed by atoms with van der Waals surface area (Å²) in [6.45, 7) is 3.78. The van der Waals surface area contributed by atoms with Gasteiger partial charge in [-0.2, -0.15) is 0 Å². The Balaban J connectivity index is 1.33. The smallest absolute Gasteiger partial charge is 0.127 e. The first-order chi connectivity index (χ1) is 12.7. The van der Waals surface area contributed by atoms with Crippen molar-refractivity contribution in [3.63, 3.8) is 0 Å². The fourth-order valence-corrected chi connectivity index (χ4v) is 4.18. The topological polar surface area (TPSA) is 21.7 Å². The fourth-order valence-electron chi connectivity index (χ4n) is 4.18. The predicted molar refractivity (Wildman–Crippen MR) is 99.2 cm³/mol. The highest BCUT2D eigenvalue weighted by molar-refractivity contribution is 5.17. The van der Waals surface area contributed by atoms with Gasteiger partial charge in [-0.25, -0.2) is 4.39 Å². The number of hydrogen-bond donors (Lipinski definition) is 0. The first-order valence-corrected chi connectivity index (χ1v) is 9.48. The minimum atomic E-state index is -0.134. The SMILES string of the molecule is Fc1ccccc1CN1CCCC2(CC(OCc3ccccc3)CO2)C1. The third-order valence-corrected chi connectivity index (χ3v) is 5.47. The Morgan fingerprint density at radius 1 is 1.12 bits per heavy atom. The molecule has 0 N–H and O–H groups in total. The maximum atomic E-state index is 14.0. The van der Waals surface area contributed by atoms with Crippen LogP contribution in [0.2, 0.25) is 0 Å². The highest BCUT2D eigenvalue weighted by Crippen LogP contribution is 2.36. The molecule has 0 aromatic heterocycles. The average molecular weight is 355 g/mol. The standard InChI is InChI=1S/C22H26FNO2/c23-21-10-5-4-9-19(21)14-24-12-6-11-22(17-24)13-20(16-26-22)25-15-18-7-2-1-3-8-18/h1-5,7-10,20H,6,11-17H2. The average Bonchev–Trinajstić information content (AvgIpc) is 3.05. The number of halogens is 1. The minimum absolute atomic E-state index is 0.122. The number of piperidine rings is 1. The van der Waals surface area contributed by atoms with Crippen molar-refractivity contribution >= 4 is 0 Å². The second kappa shape index (κ2) is 7.87. The summed E-state index contributed by atoms with van der Waals surface area (Å²) in [5, 5.41) is 0. The van der Waals surface area contributed by atoms with Gasteiger partial charge in [0.15, 0.2) is 0 Å². The maximum Gasteiger partial charge on any atom is 0.127 e. The molecule has 4 rings (SSSR count). The molecule has 26 heavy (non-hydrogen) atoms. The maximum absolute atomic E-state index is 14.0. The molecule has 3 nitrogen and oxygen atoms in total. The van der Waals surface area contributed by atoms with Crippen LogP contribution in [0.25, 0.3) is 0 Å². The molecule has 4 heteroatoms. The molecule has 2 aliphatic rings. The zero-order chi connectivity index (χ0) is 17.8. The Bertz CT molecular complexity index is 723. The van der Waals surface area contributed by atoms with E-state index >= 15 is 0 Å². The van der Waals surface area contributed by atoms with E-state index in [-0.39, 0.29) is 17.5 Å². The normalized spacial score (nSPS) is 26.4. The first-order valence-electron chi connectivity index (χ1n) is 9.48. The van der Waals surface area contributed by atoms with E-state index in [4.69, 9.17) is 9.47 Å². The monoisotopic (exact) mass is 355 g/mol. The second-order valence-corrected chi connectivity index (χ2v) is 7.52. The summed E-state index contributed by atoms with van der Waals surface area (Å²) in [6.07, 6.45) is 3.21. The molecular formula is C22H26FNO2. The van der Waals surface area contributed by atoms with Crippen molar-refractivity contribution in [2.75, 3.05) is 19.7 Å². The van der Waals surface area contributed by atoms with Crippen molar-refractivity contribution in [1.82, 2.24) is 4.90 Å². The molecule has 2 aromatic carbocycles. The molecular weight excluding hydrogens is 329 g/mol. The van der Waals surface area contributed by atoms with E-state index in [1.807, 2.05) is 30.3 Å². The molecule has 2 aliphatic heterocycles. The lowest BCUT2D eigenvalue weighted by atomic mass is 9.89. The van der Waals surface area contributed by atoms with Crippen LogP contribution in [0.4, 0.5) is 4.39 Å². The van der Waals surface area contributed by atoms with Gasteiger partial charge in [0.25, 0.3) is 0 Å².